The van der Waals surface area contributed by atoms with Crippen molar-refractivity contribution in [2.75, 3.05) is 7.11 Å². The Morgan fingerprint density at radius 3 is 2.37 bits per heavy atom. The van der Waals surface area contributed by atoms with Crippen LogP contribution < -0.4 is 10.1 Å². The van der Waals surface area contributed by atoms with Gasteiger partial charge in [-0.25, -0.2) is 0 Å². The minimum Gasteiger partial charge on any atom is -0.508 e. The van der Waals surface area contributed by atoms with Gasteiger partial charge < -0.3 is 20.3 Å². The Morgan fingerprint density at radius 2 is 1.63 bits per heavy atom. The van der Waals surface area contributed by atoms with Crippen molar-refractivity contribution in [1.82, 2.24) is 5.32 Å². The zero-order valence-corrected chi connectivity index (χ0v) is 10.8. The Hall–Kier alpha value is -2.20. The number of hydrogen-bond donors (Lipinski definition) is 3. The van der Waals surface area contributed by atoms with Gasteiger partial charge >= 0.3 is 0 Å². The number of nitrogens with one attached hydrogen (secondary N) is 1. The number of hydrogen-bond acceptors (Lipinski definition) is 4. The van der Waals surface area contributed by atoms with Crippen molar-refractivity contribution in [2.45, 2.75) is 13.1 Å². The Balaban J connectivity index is 1.98. The topological polar surface area (TPSA) is 61.7 Å². The number of benzene rings is 2. The van der Waals surface area contributed by atoms with Crippen molar-refractivity contribution in [3.05, 3.63) is 53.6 Å². The van der Waals surface area contributed by atoms with E-state index in [-0.39, 0.29) is 11.5 Å². The van der Waals surface area contributed by atoms with E-state index in [9.17, 15) is 10.2 Å². The van der Waals surface area contributed by atoms with Crippen LogP contribution in [0, 0.1) is 0 Å². The molecule has 0 amide bonds. The highest BCUT2D eigenvalue weighted by atomic mass is 16.5. The molecule has 4 nitrogen and oxygen atoms in total. The van der Waals surface area contributed by atoms with Crippen LogP contribution in [0.15, 0.2) is 42.5 Å². The fourth-order valence-electron chi connectivity index (χ4n) is 1.87. The molecule has 2 rings (SSSR count). The van der Waals surface area contributed by atoms with Crippen molar-refractivity contribution in [2.24, 2.45) is 0 Å². The maximum Gasteiger partial charge on any atom is 0.162 e. The molecule has 0 fully saturated rings. The number of methoxy groups -OCH3 is 1. The Labute approximate surface area is 112 Å². The third kappa shape index (κ3) is 3.17. The maximum atomic E-state index is 9.93. The van der Waals surface area contributed by atoms with Gasteiger partial charge in [-0.2, -0.15) is 0 Å². The molecule has 0 saturated carbocycles. The molecular formula is C15H17NO3. The summed E-state index contributed by atoms with van der Waals surface area (Å²) in [5.74, 6) is 0.876. The summed E-state index contributed by atoms with van der Waals surface area (Å²) in [5, 5.41) is 22.7. The van der Waals surface area contributed by atoms with Crippen LogP contribution in [-0.2, 0) is 13.1 Å². The van der Waals surface area contributed by atoms with Gasteiger partial charge in [0.25, 0.3) is 0 Å². The summed E-state index contributed by atoms with van der Waals surface area (Å²) < 4.78 is 5.05. The molecular weight excluding hydrogens is 242 g/mol. The first-order valence-electron chi connectivity index (χ1n) is 6.05. The van der Waals surface area contributed by atoms with Gasteiger partial charge in [-0.05, 0) is 12.1 Å². The van der Waals surface area contributed by atoms with Gasteiger partial charge in [0, 0.05) is 24.2 Å². The zero-order valence-electron chi connectivity index (χ0n) is 10.8. The van der Waals surface area contributed by atoms with Crippen molar-refractivity contribution in [3.8, 4) is 17.2 Å². The van der Waals surface area contributed by atoms with Gasteiger partial charge in [0.1, 0.15) is 5.75 Å². The first-order chi connectivity index (χ1) is 9.22. The highest BCUT2D eigenvalue weighted by molar-refractivity contribution is 5.45. The van der Waals surface area contributed by atoms with E-state index < -0.39 is 0 Å². The predicted octanol–water partition coefficient (Wildman–Crippen LogP) is 2.40. The third-order valence-corrected chi connectivity index (χ3v) is 2.92. The second-order valence-electron chi connectivity index (χ2n) is 4.20. The summed E-state index contributed by atoms with van der Waals surface area (Å²) >= 11 is 0. The number of ether oxygens (including phenoxy) is 1. The average molecular weight is 259 g/mol. The minimum atomic E-state index is 0.148. The van der Waals surface area contributed by atoms with Gasteiger partial charge in [-0.1, -0.05) is 30.3 Å². The molecule has 0 aliphatic heterocycles. The quantitative estimate of drug-likeness (QED) is 0.771. The summed E-state index contributed by atoms with van der Waals surface area (Å²) in [6.07, 6.45) is 0. The molecule has 0 bridgehead atoms. The lowest BCUT2D eigenvalue weighted by atomic mass is 10.1. The van der Waals surface area contributed by atoms with E-state index in [4.69, 9.17) is 4.74 Å². The van der Waals surface area contributed by atoms with E-state index in [0.29, 0.717) is 18.8 Å². The van der Waals surface area contributed by atoms with Crippen LogP contribution >= 0.6 is 0 Å². The van der Waals surface area contributed by atoms with Gasteiger partial charge in [-0.3, -0.25) is 0 Å². The monoisotopic (exact) mass is 259 g/mol. The van der Waals surface area contributed by atoms with E-state index in [1.807, 2.05) is 24.3 Å². The second-order valence-corrected chi connectivity index (χ2v) is 4.20. The fourth-order valence-corrected chi connectivity index (χ4v) is 1.87. The number of aromatic hydroxyl groups is 2. The molecule has 19 heavy (non-hydrogen) atoms. The van der Waals surface area contributed by atoms with Crippen molar-refractivity contribution in [1.29, 1.82) is 0 Å². The van der Waals surface area contributed by atoms with Crippen LogP contribution in [-0.4, -0.2) is 17.3 Å². The molecule has 0 heterocycles. The summed E-state index contributed by atoms with van der Waals surface area (Å²) in [7, 11) is 1.52. The molecule has 0 saturated heterocycles. The van der Waals surface area contributed by atoms with E-state index >= 15 is 0 Å². The SMILES string of the molecule is COc1cccc(CNCc2ccccc2O)c1O. The number of rotatable bonds is 5. The largest absolute Gasteiger partial charge is 0.508 e. The lowest BCUT2D eigenvalue weighted by molar-refractivity contribution is 0.369. The lowest BCUT2D eigenvalue weighted by Gasteiger charge is -2.10. The van der Waals surface area contributed by atoms with E-state index in [1.54, 1.807) is 18.2 Å². The number of para-hydroxylation sites is 2. The first-order valence-corrected chi connectivity index (χ1v) is 6.05. The highest BCUT2D eigenvalue weighted by Gasteiger charge is 2.07. The Morgan fingerprint density at radius 1 is 0.947 bits per heavy atom. The van der Waals surface area contributed by atoms with Crippen molar-refractivity contribution in [3.63, 3.8) is 0 Å². The number of phenolic OH excluding ortho intramolecular Hbond substituents is 2. The smallest absolute Gasteiger partial charge is 0.162 e. The Bertz CT molecular complexity index is 555. The molecule has 0 aliphatic carbocycles. The molecule has 2 aromatic rings. The molecule has 2 aromatic carbocycles. The van der Waals surface area contributed by atoms with Crippen LogP contribution in [0.4, 0.5) is 0 Å². The van der Waals surface area contributed by atoms with Crippen LogP contribution in [0.2, 0.25) is 0 Å². The molecule has 0 radical (unpaired) electrons. The molecule has 4 heteroatoms. The van der Waals surface area contributed by atoms with Gasteiger partial charge in [0.15, 0.2) is 11.5 Å². The maximum absolute atomic E-state index is 9.93. The molecule has 3 N–H and O–H groups in total. The lowest BCUT2D eigenvalue weighted by Crippen LogP contribution is -2.13. The summed E-state index contributed by atoms with van der Waals surface area (Å²) in [6, 6.07) is 12.5. The normalized spacial score (nSPS) is 10.4. The molecule has 0 spiro atoms. The first kappa shape index (κ1) is 13.2. The van der Waals surface area contributed by atoms with E-state index in [1.165, 1.54) is 7.11 Å². The summed E-state index contributed by atoms with van der Waals surface area (Å²) in [4.78, 5) is 0. The number of phenols is 2. The average Bonchev–Trinajstić information content (AvgIpc) is 2.43. The fraction of sp³-hybridized carbons (Fsp3) is 0.200. The van der Waals surface area contributed by atoms with Gasteiger partial charge in [0.2, 0.25) is 0 Å². The van der Waals surface area contributed by atoms with Crippen LogP contribution in [0.5, 0.6) is 17.2 Å². The highest BCUT2D eigenvalue weighted by Crippen LogP contribution is 2.29. The second kappa shape index (κ2) is 6.11. The standard InChI is InChI=1S/C15H17NO3/c1-19-14-8-4-6-12(15(14)18)10-16-9-11-5-2-3-7-13(11)17/h2-8,16-18H,9-10H2,1H3. The summed E-state index contributed by atoms with van der Waals surface area (Å²) in [5.41, 5.74) is 1.58. The third-order valence-electron chi connectivity index (χ3n) is 2.92. The van der Waals surface area contributed by atoms with Crippen LogP contribution in [0.3, 0.4) is 0 Å². The molecule has 0 aromatic heterocycles. The molecule has 0 unspecified atom stereocenters. The van der Waals surface area contributed by atoms with E-state index in [2.05, 4.69) is 5.32 Å². The minimum absolute atomic E-state index is 0.148. The van der Waals surface area contributed by atoms with Crippen LogP contribution in [0.1, 0.15) is 11.1 Å². The summed E-state index contributed by atoms with van der Waals surface area (Å²) in [6.45, 7) is 1.03. The van der Waals surface area contributed by atoms with E-state index in [0.717, 1.165) is 11.1 Å². The van der Waals surface area contributed by atoms with Crippen molar-refractivity contribution >= 4 is 0 Å². The van der Waals surface area contributed by atoms with Gasteiger partial charge in [0.05, 0.1) is 7.11 Å². The van der Waals surface area contributed by atoms with Crippen LogP contribution in [0.25, 0.3) is 0 Å². The van der Waals surface area contributed by atoms with Gasteiger partial charge in [-0.15, -0.1) is 0 Å². The van der Waals surface area contributed by atoms with Crippen molar-refractivity contribution < 1.29 is 14.9 Å². The molecule has 0 aliphatic rings. The predicted molar refractivity (Wildman–Crippen MR) is 73.3 cm³/mol. The molecule has 0 atom stereocenters. The zero-order chi connectivity index (χ0) is 13.7. The Kier molecular flexibility index (Phi) is 4.26. The molecule has 100 valence electrons.